The van der Waals surface area contributed by atoms with E-state index in [1.165, 1.54) is 45.6 Å². The van der Waals surface area contributed by atoms with E-state index < -0.39 is 22.5 Å². The lowest BCUT2D eigenvalue weighted by Gasteiger charge is -2.24. The summed E-state index contributed by atoms with van der Waals surface area (Å²) >= 11 is 0. The van der Waals surface area contributed by atoms with Crippen LogP contribution in [-0.2, 0) is 19.6 Å². The van der Waals surface area contributed by atoms with Crippen molar-refractivity contribution < 1.29 is 32.2 Å². The van der Waals surface area contributed by atoms with Crippen molar-refractivity contribution in [3.63, 3.8) is 0 Å². The van der Waals surface area contributed by atoms with E-state index in [9.17, 15) is 13.2 Å². The van der Waals surface area contributed by atoms with Gasteiger partial charge in [0.1, 0.15) is 12.3 Å². The van der Waals surface area contributed by atoms with Crippen LogP contribution in [-0.4, -0.2) is 48.9 Å². The molecule has 0 bridgehead atoms. The maximum atomic E-state index is 13.4. The molecule has 0 spiro atoms. The second-order valence-electron chi connectivity index (χ2n) is 5.99. The van der Waals surface area contributed by atoms with Gasteiger partial charge in [-0.1, -0.05) is 0 Å². The van der Waals surface area contributed by atoms with E-state index in [1.54, 1.807) is 26.0 Å². The first-order valence-electron chi connectivity index (χ1n) is 8.83. The molecule has 0 heterocycles. The highest BCUT2D eigenvalue weighted by Crippen LogP contribution is 2.34. The van der Waals surface area contributed by atoms with Gasteiger partial charge in [-0.05, 0) is 49.7 Å². The van der Waals surface area contributed by atoms with Crippen LogP contribution in [0.4, 0.5) is 5.69 Å². The Morgan fingerprint density at radius 2 is 1.55 bits per heavy atom. The molecule has 2 rings (SSSR count). The molecule has 0 aliphatic carbocycles. The zero-order chi connectivity index (χ0) is 21.6. The molecular formula is C20H25NO7S. The maximum absolute atomic E-state index is 13.4. The molecule has 8 nitrogen and oxygen atoms in total. The number of anilines is 1. The molecule has 0 atom stereocenters. The molecule has 2 aromatic carbocycles. The Labute approximate surface area is 171 Å². The van der Waals surface area contributed by atoms with E-state index in [-0.39, 0.29) is 17.2 Å². The number of hydrogen-bond donors (Lipinski definition) is 0. The molecule has 0 aliphatic heterocycles. The zero-order valence-electron chi connectivity index (χ0n) is 17.1. The molecule has 0 fully saturated rings. The van der Waals surface area contributed by atoms with Gasteiger partial charge in [0, 0.05) is 6.07 Å². The predicted octanol–water partition coefficient (Wildman–Crippen LogP) is 2.78. The normalized spacial score (nSPS) is 10.9. The van der Waals surface area contributed by atoms with Gasteiger partial charge in [-0.25, -0.2) is 8.42 Å². The second kappa shape index (κ2) is 9.51. The summed E-state index contributed by atoms with van der Waals surface area (Å²) in [4.78, 5) is 12.2. The summed E-state index contributed by atoms with van der Waals surface area (Å²) in [6.45, 7) is 3.04. The van der Waals surface area contributed by atoms with Crippen LogP contribution in [0.1, 0.15) is 12.5 Å². The van der Waals surface area contributed by atoms with Crippen LogP contribution in [0.3, 0.4) is 0 Å². The van der Waals surface area contributed by atoms with Crippen LogP contribution < -0.4 is 18.5 Å². The maximum Gasteiger partial charge on any atom is 0.326 e. The minimum Gasteiger partial charge on any atom is -0.496 e. The lowest BCUT2D eigenvalue weighted by Crippen LogP contribution is -2.36. The van der Waals surface area contributed by atoms with Gasteiger partial charge >= 0.3 is 5.97 Å². The van der Waals surface area contributed by atoms with Crippen LogP contribution in [0.15, 0.2) is 41.3 Å². The van der Waals surface area contributed by atoms with E-state index in [2.05, 4.69) is 0 Å². The average Bonchev–Trinajstić information content (AvgIpc) is 2.71. The number of ether oxygens (including phenoxy) is 4. The summed E-state index contributed by atoms with van der Waals surface area (Å²) in [7, 11) is 0.348. The summed E-state index contributed by atoms with van der Waals surface area (Å²) in [5.41, 5.74) is 0.890. The number of carbonyl (C=O) groups is 1. The molecule has 158 valence electrons. The number of nitrogens with zero attached hydrogens (tertiary/aromatic N) is 1. The third kappa shape index (κ3) is 4.92. The summed E-state index contributed by atoms with van der Waals surface area (Å²) < 4.78 is 48.4. The van der Waals surface area contributed by atoms with Gasteiger partial charge in [0.2, 0.25) is 0 Å². The summed E-state index contributed by atoms with van der Waals surface area (Å²) in [6, 6.07) is 9.09. The molecule has 0 radical (unpaired) electrons. The number of benzene rings is 2. The van der Waals surface area contributed by atoms with Gasteiger partial charge in [0.25, 0.3) is 10.0 Å². The fraction of sp³-hybridized carbons (Fsp3) is 0.350. The van der Waals surface area contributed by atoms with Crippen molar-refractivity contribution in [3.05, 3.63) is 42.0 Å². The van der Waals surface area contributed by atoms with Crippen LogP contribution >= 0.6 is 0 Å². The molecule has 0 saturated heterocycles. The number of esters is 1. The zero-order valence-corrected chi connectivity index (χ0v) is 17.9. The van der Waals surface area contributed by atoms with E-state index in [0.717, 1.165) is 4.31 Å². The number of hydrogen-bond acceptors (Lipinski definition) is 7. The van der Waals surface area contributed by atoms with E-state index in [0.29, 0.717) is 22.8 Å². The lowest BCUT2D eigenvalue weighted by molar-refractivity contribution is -0.141. The summed E-state index contributed by atoms with van der Waals surface area (Å²) in [6.07, 6.45) is 0. The Hall–Kier alpha value is -2.94. The number of rotatable bonds is 9. The van der Waals surface area contributed by atoms with Gasteiger partial charge in [0.05, 0.1) is 38.5 Å². The molecule has 0 aromatic heterocycles. The third-order valence-electron chi connectivity index (χ3n) is 4.19. The van der Waals surface area contributed by atoms with Gasteiger partial charge in [0.15, 0.2) is 11.5 Å². The van der Waals surface area contributed by atoms with Crippen molar-refractivity contribution in [1.82, 2.24) is 0 Å². The first-order valence-corrected chi connectivity index (χ1v) is 10.3. The highest BCUT2D eigenvalue weighted by Gasteiger charge is 2.29. The van der Waals surface area contributed by atoms with Gasteiger partial charge < -0.3 is 18.9 Å². The molecule has 9 heteroatoms. The van der Waals surface area contributed by atoms with Crippen LogP contribution in [0, 0.1) is 6.92 Å². The Kier molecular flexibility index (Phi) is 7.33. The SMILES string of the molecule is CCOC(=O)CN(c1ccc(OC)c(OC)c1)S(=O)(=O)c1ccc(OC)c(C)c1. The fourth-order valence-corrected chi connectivity index (χ4v) is 4.24. The van der Waals surface area contributed by atoms with Crippen molar-refractivity contribution >= 4 is 21.7 Å². The van der Waals surface area contributed by atoms with Crippen molar-refractivity contribution in [2.45, 2.75) is 18.7 Å². The van der Waals surface area contributed by atoms with Gasteiger partial charge in [-0.2, -0.15) is 0 Å². The highest BCUT2D eigenvalue weighted by molar-refractivity contribution is 7.92. The number of methoxy groups -OCH3 is 3. The largest absolute Gasteiger partial charge is 0.496 e. The van der Waals surface area contributed by atoms with Crippen LogP contribution in [0.2, 0.25) is 0 Å². The molecule has 2 aromatic rings. The summed E-state index contributed by atoms with van der Waals surface area (Å²) in [5, 5.41) is 0. The summed E-state index contributed by atoms with van der Waals surface area (Å²) in [5.74, 6) is 0.660. The predicted molar refractivity (Wildman–Crippen MR) is 108 cm³/mol. The smallest absolute Gasteiger partial charge is 0.326 e. The molecule has 0 aliphatic rings. The van der Waals surface area contributed by atoms with Crippen molar-refractivity contribution in [2.24, 2.45) is 0 Å². The molecular weight excluding hydrogens is 398 g/mol. The van der Waals surface area contributed by atoms with Crippen LogP contribution in [0.25, 0.3) is 0 Å². The van der Waals surface area contributed by atoms with E-state index >= 15 is 0 Å². The third-order valence-corrected chi connectivity index (χ3v) is 5.96. The molecule has 0 amide bonds. The minimum absolute atomic E-state index is 0.0230. The van der Waals surface area contributed by atoms with Crippen molar-refractivity contribution in [3.8, 4) is 17.2 Å². The first kappa shape index (κ1) is 22.4. The van der Waals surface area contributed by atoms with Crippen molar-refractivity contribution in [2.75, 3.05) is 38.8 Å². The van der Waals surface area contributed by atoms with Gasteiger partial charge in [-0.3, -0.25) is 9.10 Å². The molecule has 0 N–H and O–H groups in total. The minimum atomic E-state index is -4.08. The fourth-order valence-electron chi connectivity index (χ4n) is 2.76. The lowest BCUT2D eigenvalue weighted by atomic mass is 10.2. The first-order chi connectivity index (χ1) is 13.8. The standard InChI is InChI=1S/C20H25NO7S/c1-6-28-20(22)13-21(15-7-9-18(26-4)19(12-15)27-5)29(23,24)16-8-10-17(25-3)14(2)11-16/h7-12H,6,13H2,1-5H3. The second-order valence-corrected chi connectivity index (χ2v) is 7.85. The average molecular weight is 423 g/mol. The van der Waals surface area contributed by atoms with Crippen molar-refractivity contribution in [1.29, 1.82) is 0 Å². The van der Waals surface area contributed by atoms with Crippen LogP contribution in [0.5, 0.6) is 17.2 Å². The highest BCUT2D eigenvalue weighted by atomic mass is 32.2. The number of carbonyl (C=O) groups excluding carboxylic acids is 1. The Morgan fingerprint density at radius 3 is 2.10 bits per heavy atom. The van der Waals surface area contributed by atoms with E-state index in [4.69, 9.17) is 18.9 Å². The monoisotopic (exact) mass is 423 g/mol. The molecule has 0 unspecified atom stereocenters. The number of sulfonamides is 1. The molecule has 29 heavy (non-hydrogen) atoms. The quantitative estimate of drug-likeness (QED) is 0.573. The van der Waals surface area contributed by atoms with E-state index in [1.807, 2.05) is 0 Å². The Bertz CT molecular complexity index is 973. The Morgan fingerprint density at radius 1 is 0.931 bits per heavy atom. The van der Waals surface area contributed by atoms with Gasteiger partial charge in [-0.15, -0.1) is 0 Å². The topological polar surface area (TPSA) is 91.4 Å². The number of aryl methyl sites for hydroxylation is 1. The Balaban J connectivity index is 2.58. The molecule has 0 saturated carbocycles.